The summed E-state index contributed by atoms with van der Waals surface area (Å²) in [7, 11) is -3.52. The van der Waals surface area contributed by atoms with Crippen molar-refractivity contribution in [2.45, 2.75) is 42.5 Å². The fourth-order valence-corrected chi connectivity index (χ4v) is 5.55. The van der Waals surface area contributed by atoms with Crippen LogP contribution in [0.3, 0.4) is 0 Å². The molecule has 0 aromatic heterocycles. The van der Waals surface area contributed by atoms with Gasteiger partial charge in [0.15, 0.2) is 0 Å². The van der Waals surface area contributed by atoms with Crippen LogP contribution in [-0.4, -0.2) is 48.7 Å². The Morgan fingerprint density at radius 3 is 2.58 bits per heavy atom. The van der Waals surface area contributed by atoms with Gasteiger partial charge >= 0.3 is 0 Å². The molecule has 2 aliphatic heterocycles. The number of amides is 1. The quantitative estimate of drug-likeness (QED) is 0.785. The third-order valence-electron chi connectivity index (χ3n) is 5.12. The highest BCUT2D eigenvalue weighted by Gasteiger charge is 2.47. The molecule has 5 nitrogen and oxygen atoms in total. The van der Waals surface area contributed by atoms with Crippen LogP contribution in [0.5, 0.6) is 0 Å². The SMILES string of the molecule is C=CCN1C(=O)CCCC12CCCN(S(=O)(=O)c1ccccc1)C2. The molecule has 1 atom stereocenters. The van der Waals surface area contributed by atoms with E-state index >= 15 is 0 Å². The number of hydrogen-bond donors (Lipinski definition) is 0. The van der Waals surface area contributed by atoms with Crippen molar-refractivity contribution in [3.05, 3.63) is 43.0 Å². The summed E-state index contributed by atoms with van der Waals surface area (Å²) in [5.41, 5.74) is -0.385. The van der Waals surface area contributed by atoms with Crippen molar-refractivity contribution in [2.75, 3.05) is 19.6 Å². The summed E-state index contributed by atoms with van der Waals surface area (Å²) < 4.78 is 27.5. The van der Waals surface area contributed by atoms with Gasteiger partial charge in [0.2, 0.25) is 15.9 Å². The first-order valence-electron chi connectivity index (χ1n) is 8.46. The highest BCUT2D eigenvalue weighted by Crippen LogP contribution is 2.38. The van der Waals surface area contributed by atoms with Crippen LogP contribution < -0.4 is 0 Å². The van der Waals surface area contributed by atoms with Crippen LogP contribution in [0.4, 0.5) is 0 Å². The Balaban J connectivity index is 1.91. The van der Waals surface area contributed by atoms with Crippen LogP contribution in [0.1, 0.15) is 32.1 Å². The molecule has 0 saturated carbocycles. The number of nitrogens with zero attached hydrogens (tertiary/aromatic N) is 2. The zero-order valence-corrected chi connectivity index (χ0v) is 14.7. The van der Waals surface area contributed by atoms with Crippen molar-refractivity contribution in [3.8, 4) is 0 Å². The molecule has 1 spiro atoms. The van der Waals surface area contributed by atoms with E-state index in [4.69, 9.17) is 0 Å². The van der Waals surface area contributed by atoms with Gasteiger partial charge in [-0.3, -0.25) is 4.79 Å². The molecule has 2 aliphatic rings. The maximum atomic E-state index is 13.0. The van der Waals surface area contributed by atoms with Crippen molar-refractivity contribution < 1.29 is 13.2 Å². The molecule has 0 bridgehead atoms. The van der Waals surface area contributed by atoms with Crippen LogP contribution in [0.15, 0.2) is 47.9 Å². The average molecular weight is 348 g/mol. The van der Waals surface area contributed by atoms with E-state index in [2.05, 4.69) is 6.58 Å². The van der Waals surface area contributed by atoms with Gasteiger partial charge in [-0.1, -0.05) is 24.3 Å². The van der Waals surface area contributed by atoms with E-state index in [0.717, 1.165) is 25.7 Å². The number of rotatable bonds is 4. The second kappa shape index (κ2) is 6.69. The summed E-state index contributed by atoms with van der Waals surface area (Å²) in [5.74, 6) is 0.111. The first-order valence-corrected chi connectivity index (χ1v) is 9.90. The number of benzene rings is 1. The Hall–Kier alpha value is -1.66. The first kappa shape index (κ1) is 17.2. The highest BCUT2D eigenvalue weighted by atomic mass is 32.2. The zero-order chi connectivity index (χ0) is 17.2. The minimum atomic E-state index is -3.52. The van der Waals surface area contributed by atoms with E-state index < -0.39 is 10.0 Å². The van der Waals surface area contributed by atoms with Gasteiger partial charge in [0.05, 0.1) is 10.4 Å². The van der Waals surface area contributed by atoms with Crippen LogP contribution in [0, 0.1) is 0 Å². The molecule has 2 heterocycles. The molecule has 0 N–H and O–H groups in total. The van der Waals surface area contributed by atoms with Crippen molar-refractivity contribution >= 4 is 15.9 Å². The van der Waals surface area contributed by atoms with E-state index in [1.54, 1.807) is 34.6 Å². The molecule has 1 unspecified atom stereocenters. The number of piperidine rings is 2. The highest BCUT2D eigenvalue weighted by molar-refractivity contribution is 7.89. The van der Waals surface area contributed by atoms with Gasteiger partial charge in [-0.2, -0.15) is 4.31 Å². The molecule has 1 aromatic rings. The molecule has 3 rings (SSSR count). The van der Waals surface area contributed by atoms with Gasteiger partial charge in [0.1, 0.15) is 0 Å². The summed E-state index contributed by atoms with van der Waals surface area (Å²) in [6, 6.07) is 8.54. The van der Waals surface area contributed by atoms with Crippen molar-refractivity contribution in [1.29, 1.82) is 0 Å². The minimum absolute atomic E-state index is 0.111. The summed E-state index contributed by atoms with van der Waals surface area (Å²) in [6.45, 7) is 5.13. The summed E-state index contributed by atoms with van der Waals surface area (Å²) in [5, 5.41) is 0. The number of hydrogen-bond acceptors (Lipinski definition) is 3. The second-order valence-corrected chi connectivity index (χ2v) is 8.56. The molecular formula is C18H24N2O3S. The van der Waals surface area contributed by atoms with E-state index in [9.17, 15) is 13.2 Å². The molecule has 2 saturated heterocycles. The normalized spacial score (nSPS) is 25.8. The van der Waals surface area contributed by atoms with Crippen molar-refractivity contribution in [2.24, 2.45) is 0 Å². The predicted octanol–water partition coefficient (Wildman–Crippen LogP) is 2.41. The van der Waals surface area contributed by atoms with Gasteiger partial charge in [0, 0.05) is 26.1 Å². The van der Waals surface area contributed by atoms with E-state index in [1.807, 2.05) is 11.0 Å². The predicted molar refractivity (Wildman–Crippen MR) is 92.9 cm³/mol. The lowest BCUT2D eigenvalue weighted by molar-refractivity contribution is -0.143. The molecule has 0 aliphatic carbocycles. The van der Waals surface area contributed by atoms with E-state index in [1.165, 1.54) is 0 Å². The molecule has 6 heteroatoms. The summed E-state index contributed by atoms with van der Waals surface area (Å²) >= 11 is 0. The third kappa shape index (κ3) is 3.00. The summed E-state index contributed by atoms with van der Waals surface area (Å²) in [6.07, 6.45) is 5.58. The van der Waals surface area contributed by atoms with Crippen LogP contribution in [0.2, 0.25) is 0 Å². The lowest BCUT2D eigenvalue weighted by Crippen LogP contribution is -2.63. The number of sulfonamides is 1. The monoisotopic (exact) mass is 348 g/mol. The largest absolute Gasteiger partial charge is 0.332 e. The summed E-state index contributed by atoms with van der Waals surface area (Å²) in [4.78, 5) is 14.6. The fraction of sp³-hybridized carbons (Fsp3) is 0.500. The van der Waals surface area contributed by atoms with Gasteiger partial charge < -0.3 is 4.90 Å². The van der Waals surface area contributed by atoms with E-state index in [-0.39, 0.29) is 11.4 Å². The fourth-order valence-electron chi connectivity index (χ4n) is 3.97. The smallest absolute Gasteiger partial charge is 0.243 e. The molecule has 1 aromatic carbocycles. The van der Waals surface area contributed by atoms with Crippen molar-refractivity contribution in [3.63, 3.8) is 0 Å². The first-order chi connectivity index (χ1) is 11.5. The lowest BCUT2D eigenvalue weighted by atomic mass is 9.80. The molecular weight excluding hydrogens is 324 g/mol. The van der Waals surface area contributed by atoms with Crippen LogP contribution in [0.25, 0.3) is 0 Å². The second-order valence-electron chi connectivity index (χ2n) is 6.63. The Morgan fingerprint density at radius 1 is 1.17 bits per heavy atom. The van der Waals surface area contributed by atoms with Gasteiger partial charge in [-0.05, 0) is 37.8 Å². The van der Waals surface area contributed by atoms with Crippen molar-refractivity contribution in [1.82, 2.24) is 9.21 Å². The molecule has 1 amide bonds. The average Bonchev–Trinajstić information content (AvgIpc) is 2.59. The van der Waals surface area contributed by atoms with Gasteiger partial charge in [-0.15, -0.1) is 6.58 Å². The van der Waals surface area contributed by atoms with Crippen LogP contribution >= 0.6 is 0 Å². The zero-order valence-electron chi connectivity index (χ0n) is 13.9. The topological polar surface area (TPSA) is 57.7 Å². The Morgan fingerprint density at radius 2 is 1.88 bits per heavy atom. The molecule has 2 fully saturated rings. The van der Waals surface area contributed by atoms with Gasteiger partial charge in [0.25, 0.3) is 0 Å². The number of carbonyl (C=O) groups is 1. The third-order valence-corrected chi connectivity index (χ3v) is 6.98. The Kier molecular flexibility index (Phi) is 4.78. The molecule has 24 heavy (non-hydrogen) atoms. The Labute approximate surface area is 144 Å². The molecule has 0 radical (unpaired) electrons. The van der Waals surface area contributed by atoms with Crippen LogP contribution in [-0.2, 0) is 14.8 Å². The number of carbonyl (C=O) groups excluding carboxylic acids is 1. The Bertz CT molecular complexity index is 713. The maximum Gasteiger partial charge on any atom is 0.243 e. The molecule has 130 valence electrons. The number of likely N-dealkylation sites (tertiary alicyclic amines) is 1. The maximum absolute atomic E-state index is 13.0. The van der Waals surface area contributed by atoms with E-state index in [0.29, 0.717) is 31.0 Å². The minimum Gasteiger partial charge on any atom is -0.332 e. The van der Waals surface area contributed by atoms with Gasteiger partial charge in [-0.25, -0.2) is 8.42 Å². The standard InChI is InChI=1S/C18H24N2O3S/c1-2-13-20-17(21)10-6-11-18(20)12-7-14-19(15-18)24(22,23)16-8-4-3-5-9-16/h2-5,8-9H,1,6-7,10-15H2. The lowest BCUT2D eigenvalue weighted by Gasteiger charge is -2.51.